The Bertz CT molecular complexity index is 637. The molecule has 110 valence electrons. The molecule has 0 saturated heterocycles. The fraction of sp³-hybridized carbons (Fsp3) is 0.200. The third-order valence-corrected chi connectivity index (χ3v) is 3.83. The molecule has 0 radical (unpaired) electrons. The van der Waals surface area contributed by atoms with Crippen LogP contribution in [0.3, 0.4) is 0 Å². The molecule has 3 N–H and O–H groups in total. The Morgan fingerprint density at radius 2 is 1.90 bits per heavy atom. The van der Waals surface area contributed by atoms with E-state index in [0.29, 0.717) is 17.8 Å². The normalized spacial score (nSPS) is 10.3. The molecule has 0 spiro atoms. The Hall–Kier alpha value is -2.21. The number of hydrogen-bond acceptors (Lipinski definition) is 3. The number of nitrogens with one attached hydrogen (secondary N) is 1. The largest absolute Gasteiger partial charge is 0.370 e. The van der Waals surface area contributed by atoms with Crippen molar-refractivity contribution in [1.29, 1.82) is 0 Å². The summed E-state index contributed by atoms with van der Waals surface area (Å²) in [7, 11) is 0. The van der Waals surface area contributed by atoms with E-state index in [1.54, 1.807) is 12.1 Å². The van der Waals surface area contributed by atoms with Gasteiger partial charge in [0.15, 0.2) is 0 Å². The summed E-state index contributed by atoms with van der Waals surface area (Å²) in [6.45, 7) is 0.391. The number of benzene rings is 1. The molecule has 0 aliphatic carbocycles. The van der Waals surface area contributed by atoms with Gasteiger partial charge in [0, 0.05) is 18.5 Å². The van der Waals surface area contributed by atoms with Crippen molar-refractivity contribution in [2.75, 3.05) is 6.54 Å². The number of rotatable bonds is 6. The van der Waals surface area contributed by atoms with Crippen molar-refractivity contribution in [3.63, 3.8) is 0 Å². The molecule has 21 heavy (non-hydrogen) atoms. The number of carbonyl (C=O) groups excluding carboxylic acids is 2. The van der Waals surface area contributed by atoms with Gasteiger partial charge in [0.2, 0.25) is 5.91 Å². The van der Waals surface area contributed by atoms with Gasteiger partial charge in [-0.15, -0.1) is 11.3 Å². The van der Waals surface area contributed by atoms with E-state index in [1.807, 2.05) is 11.4 Å². The van der Waals surface area contributed by atoms with Crippen LogP contribution >= 0.6 is 11.3 Å². The molecule has 4 nitrogen and oxygen atoms in total. The van der Waals surface area contributed by atoms with Crippen LogP contribution in [0.4, 0.5) is 4.39 Å². The summed E-state index contributed by atoms with van der Waals surface area (Å²) in [5, 5.41) is 4.57. The summed E-state index contributed by atoms with van der Waals surface area (Å²) >= 11 is 1.32. The second-order valence-corrected chi connectivity index (χ2v) is 5.41. The highest BCUT2D eigenvalue weighted by Crippen LogP contribution is 2.28. The minimum atomic E-state index is -0.382. The van der Waals surface area contributed by atoms with Crippen LogP contribution in [0.1, 0.15) is 22.5 Å². The van der Waals surface area contributed by atoms with Crippen LogP contribution < -0.4 is 11.1 Å². The molecular weight excluding hydrogens is 291 g/mol. The molecule has 2 amide bonds. The maximum atomic E-state index is 12.9. The first kappa shape index (κ1) is 15.2. The van der Waals surface area contributed by atoms with Crippen LogP contribution in [0.15, 0.2) is 35.7 Å². The molecule has 1 heterocycles. The van der Waals surface area contributed by atoms with Crippen molar-refractivity contribution in [2.24, 2.45) is 5.73 Å². The monoisotopic (exact) mass is 306 g/mol. The van der Waals surface area contributed by atoms with Crippen LogP contribution in [0.25, 0.3) is 11.1 Å². The standard InChI is InChI=1S/C15H15FN2O2S/c16-11-5-3-10(4-6-11)12-7-9-21-14(12)15(20)18-8-1-2-13(17)19/h3-7,9H,1-2,8H2,(H2,17,19)(H,18,20). The number of nitrogens with two attached hydrogens (primary N) is 1. The fourth-order valence-electron chi connectivity index (χ4n) is 1.89. The Labute approximate surface area is 125 Å². The van der Waals surface area contributed by atoms with Crippen molar-refractivity contribution < 1.29 is 14.0 Å². The van der Waals surface area contributed by atoms with Gasteiger partial charge < -0.3 is 11.1 Å². The van der Waals surface area contributed by atoms with Crippen LogP contribution in [0.2, 0.25) is 0 Å². The maximum Gasteiger partial charge on any atom is 0.261 e. The SMILES string of the molecule is NC(=O)CCCNC(=O)c1sccc1-c1ccc(F)cc1. The Morgan fingerprint density at radius 3 is 2.57 bits per heavy atom. The fourth-order valence-corrected chi connectivity index (χ4v) is 2.72. The zero-order valence-corrected chi connectivity index (χ0v) is 12.1. The highest BCUT2D eigenvalue weighted by Gasteiger charge is 2.14. The topological polar surface area (TPSA) is 72.2 Å². The number of halogens is 1. The van der Waals surface area contributed by atoms with E-state index in [1.165, 1.54) is 23.5 Å². The molecule has 0 aliphatic heterocycles. The lowest BCUT2D eigenvalue weighted by Gasteiger charge is -2.06. The van der Waals surface area contributed by atoms with Crippen LogP contribution in [-0.2, 0) is 4.79 Å². The zero-order chi connectivity index (χ0) is 15.2. The molecule has 0 fully saturated rings. The smallest absolute Gasteiger partial charge is 0.261 e. The van der Waals surface area contributed by atoms with Crippen molar-refractivity contribution in [1.82, 2.24) is 5.32 Å². The lowest BCUT2D eigenvalue weighted by atomic mass is 10.1. The minimum absolute atomic E-state index is 0.200. The second kappa shape index (κ2) is 6.99. The van der Waals surface area contributed by atoms with E-state index in [-0.39, 0.29) is 24.1 Å². The van der Waals surface area contributed by atoms with E-state index in [2.05, 4.69) is 5.32 Å². The summed E-state index contributed by atoms with van der Waals surface area (Å²) in [5.41, 5.74) is 6.60. The van der Waals surface area contributed by atoms with E-state index in [9.17, 15) is 14.0 Å². The first-order valence-electron chi connectivity index (χ1n) is 6.48. The average Bonchev–Trinajstić information content (AvgIpc) is 2.93. The van der Waals surface area contributed by atoms with Gasteiger partial charge in [-0.3, -0.25) is 9.59 Å². The summed E-state index contributed by atoms with van der Waals surface area (Å²) in [6, 6.07) is 7.84. The molecule has 2 aromatic rings. The van der Waals surface area contributed by atoms with Gasteiger partial charge in [-0.2, -0.15) is 0 Å². The van der Waals surface area contributed by atoms with Crippen LogP contribution in [0.5, 0.6) is 0 Å². The van der Waals surface area contributed by atoms with Gasteiger partial charge in [0.1, 0.15) is 5.82 Å². The molecular formula is C15H15FN2O2S. The maximum absolute atomic E-state index is 12.9. The van der Waals surface area contributed by atoms with Gasteiger partial charge >= 0.3 is 0 Å². The predicted octanol–water partition coefficient (Wildman–Crippen LogP) is 2.55. The van der Waals surface area contributed by atoms with Gasteiger partial charge in [-0.25, -0.2) is 4.39 Å². The molecule has 1 aromatic heterocycles. The van der Waals surface area contributed by atoms with E-state index in [0.717, 1.165) is 11.1 Å². The van der Waals surface area contributed by atoms with Gasteiger partial charge in [-0.1, -0.05) is 12.1 Å². The van der Waals surface area contributed by atoms with Crippen molar-refractivity contribution in [2.45, 2.75) is 12.8 Å². The molecule has 0 bridgehead atoms. The van der Waals surface area contributed by atoms with Crippen LogP contribution in [-0.4, -0.2) is 18.4 Å². The van der Waals surface area contributed by atoms with Crippen molar-refractivity contribution in [3.8, 4) is 11.1 Å². The van der Waals surface area contributed by atoms with Crippen molar-refractivity contribution >= 4 is 23.2 Å². The highest BCUT2D eigenvalue weighted by molar-refractivity contribution is 7.12. The third-order valence-electron chi connectivity index (χ3n) is 2.91. The lowest BCUT2D eigenvalue weighted by molar-refractivity contribution is -0.118. The predicted molar refractivity (Wildman–Crippen MR) is 80.5 cm³/mol. The first-order chi connectivity index (χ1) is 10.1. The first-order valence-corrected chi connectivity index (χ1v) is 7.36. The number of thiophene rings is 1. The summed E-state index contributed by atoms with van der Waals surface area (Å²) in [6.07, 6.45) is 0.758. The van der Waals surface area contributed by atoms with Crippen molar-refractivity contribution in [3.05, 3.63) is 46.4 Å². The molecule has 0 unspecified atom stereocenters. The van der Waals surface area contributed by atoms with E-state index in [4.69, 9.17) is 5.73 Å². The van der Waals surface area contributed by atoms with Gasteiger partial charge in [-0.05, 0) is 35.6 Å². The van der Waals surface area contributed by atoms with E-state index < -0.39 is 0 Å². The number of hydrogen-bond donors (Lipinski definition) is 2. The Morgan fingerprint density at radius 1 is 1.19 bits per heavy atom. The third kappa shape index (κ3) is 4.13. The van der Waals surface area contributed by atoms with Gasteiger partial charge in [0.25, 0.3) is 5.91 Å². The Balaban J connectivity index is 2.04. The molecule has 0 atom stereocenters. The summed E-state index contributed by atoms with van der Waals surface area (Å²) in [5.74, 6) is -0.896. The molecule has 2 rings (SSSR count). The molecule has 1 aromatic carbocycles. The minimum Gasteiger partial charge on any atom is -0.370 e. The highest BCUT2D eigenvalue weighted by atomic mass is 32.1. The molecule has 0 aliphatic rings. The Kier molecular flexibility index (Phi) is 5.05. The number of amides is 2. The van der Waals surface area contributed by atoms with E-state index >= 15 is 0 Å². The average molecular weight is 306 g/mol. The molecule has 6 heteroatoms. The zero-order valence-electron chi connectivity index (χ0n) is 11.3. The summed E-state index contributed by atoms with van der Waals surface area (Å²) < 4.78 is 12.9. The quantitative estimate of drug-likeness (QED) is 0.805. The second-order valence-electron chi connectivity index (χ2n) is 4.50. The lowest BCUT2D eigenvalue weighted by Crippen LogP contribution is -2.25. The molecule has 0 saturated carbocycles. The number of primary amides is 1. The van der Waals surface area contributed by atoms with Crippen LogP contribution in [0, 0.1) is 5.82 Å². The number of carbonyl (C=O) groups is 2. The van der Waals surface area contributed by atoms with Gasteiger partial charge in [0.05, 0.1) is 4.88 Å². The summed E-state index contributed by atoms with van der Waals surface area (Å²) in [4.78, 5) is 23.3.